The molecule has 0 saturated heterocycles. The molecule has 1 aromatic carbocycles. The number of hydrogen-bond acceptors (Lipinski definition) is 4. The standard InChI is InChI=1S/C15H10Cl2N2O4S/c16-8-6-10(14(21)22)13(11(17)7-8)19-15(24)18-12(20)4-3-9-2-1-5-23-9/h1-7H,(H,21,22)(H2,18,19,20,24)/b4-3+. The molecule has 0 radical (unpaired) electrons. The summed E-state index contributed by atoms with van der Waals surface area (Å²) in [4.78, 5) is 23.0. The Morgan fingerprint density at radius 1 is 1.29 bits per heavy atom. The summed E-state index contributed by atoms with van der Waals surface area (Å²) in [5, 5.41) is 14.2. The predicted octanol–water partition coefficient (Wildman–Crippen LogP) is 3.81. The van der Waals surface area contributed by atoms with Gasteiger partial charge in [-0.1, -0.05) is 23.2 Å². The first-order valence-electron chi connectivity index (χ1n) is 6.42. The van der Waals surface area contributed by atoms with Gasteiger partial charge in [0.25, 0.3) is 0 Å². The molecule has 1 amide bonds. The van der Waals surface area contributed by atoms with Gasteiger partial charge in [-0.15, -0.1) is 0 Å². The lowest BCUT2D eigenvalue weighted by atomic mass is 10.2. The van der Waals surface area contributed by atoms with Crippen molar-refractivity contribution in [3.8, 4) is 0 Å². The van der Waals surface area contributed by atoms with Crippen LogP contribution < -0.4 is 10.6 Å². The van der Waals surface area contributed by atoms with E-state index < -0.39 is 11.9 Å². The summed E-state index contributed by atoms with van der Waals surface area (Å²) in [6.07, 6.45) is 4.14. The van der Waals surface area contributed by atoms with Crippen LogP contribution in [0, 0.1) is 0 Å². The highest BCUT2D eigenvalue weighted by atomic mass is 35.5. The van der Waals surface area contributed by atoms with Crippen molar-refractivity contribution in [1.29, 1.82) is 0 Å². The van der Waals surface area contributed by atoms with E-state index in [-0.39, 0.29) is 26.4 Å². The summed E-state index contributed by atoms with van der Waals surface area (Å²) in [6.45, 7) is 0. The summed E-state index contributed by atoms with van der Waals surface area (Å²) in [6, 6.07) is 5.94. The number of furan rings is 1. The number of aromatic carboxylic acids is 1. The maximum atomic E-state index is 11.8. The molecule has 0 aliphatic heterocycles. The minimum absolute atomic E-state index is 0.0360. The Kier molecular flexibility index (Phi) is 5.97. The van der Waals surface area contributed by atoms with E-state index in [1.165, 1.54) is 30.5 Å². The summed E-state index contributed by atoms with van der Waals surface area (Å²) < 4.78 is 5.04. The van der Waals surface area contributed by atoms with Gasteiger partial charge in [0, 0.05) is 11.1 Å². The van der Waals surface area contributed by atoms with Crippen molar-refractivity contribution in [1.82, 2.24) is 5.32 Å². The third kappa shape index (κ3) is 4.82. The lowest BCUT2D eigenvalue weighted by molar-refractivity contribution is -0.115. The smallest absolute Gasteiger partial charge is 0.337 e. The maximum absolute atomic E-state index is 11.8. The monoisotopic (exact) mass is 384 g/mol. The predicted molar refractivity (Wildman–Crippen MR) is 95.5 cm³/mol. The second-order valence-corrected chi connectivity index (χ2v) is 5.66. The molecule has 0 spiro atoms. The lowest BCUT2D eigenvalue weighted by Gasteiger charge is -2.13. The van der Waals surface area contributed by atoms with Gasteiger partial charge in [0.05, 0.1) is 22.5 Å². The van der Waals surface area contributed by atoms with Gasteiger partial charge in [-0.2, -0.15) is 0 Å². The van der Waals surface area contributed by atoms with Gasteiger partial charge in [-0.05, 0) is 42.6 Å². The molecule has 124 valence electrons. The number of benzene rings is 1. The average Bonchev–Trinajstić information content (AvgIpc) is 3.00. The average molecular weight is 385 g/mol. The van der Waals surface area contributed by atoms with Crippen molar-refractivity contribution < 1.29 is 19.1 Å². The molecule has 6 nitrogen and oxygen atoms in total. The lowest BCUT2D eigenvalue weighted by Crippen LogP contribution is -2.33. The molecule has 2 aromatic rings. The van der Waals surface area contributed by atoms with Crippen LogP contribution in [0.5, 0.6) is 0 Å². The fourth-order valence-corrected chi connectivity index (χ4v) is 2.45. The Morgan fingerprint density at radius 3 is 2.67 bits per heavy atom. The van der Waals surface area contributed by atoms with Crippen LogP contribution in [0.1, 0.15) is 16.1 Å². The van der Waals surface area contributed by atoms with Gasteiger partial charge in [0.15, 0.2) is 5.11 Å². The highest BCUT2D eigenvalue weighted by Gasteiger charge is 2.16. The Hall–Kier alpha value is -2.35. The molecule has 1 heterocycles. The Balaban J connectivity index is 2.07. The van der Waals surface area contributed by atoms with Crippen molar-refractivity contribution in [2.24, 2.45) is 0 Å². The first-order valence-corrected chi connectivity index (χ1v) is 7.59. The second-order valence-electron chi connectivity index (χ2n) is 4.41. The highest BCUT2D eigenvalue weighted by Crippen LogP contribution is 2.30. The number of carbonyl (C=O) groups excluding carboxylic acids is 1. The van der Waals surface area contributed by atoms with E-state index in [2.05, 4.69) is 10.6 Å². The molecule has 0 aliphatic carbocycles. The quantitative estimate of drug-likeness (QED) is 0.548. The Labute approximate surface area is 152 Å². The maximum Gasteiger partial charge on any atom is 0.337 e. The van der Waals surface area contributed by atoms with Gasteiger partial charge in [0.1, 0.15) is 5.76 Å². The molecule has 0 unspecified atom stereocenters. The van der Waals surface area contributed by atoms with E-state index in [0.717, 1.165) is 0 Å². The van der Waals surface area contributed by atoms with Crippen LogP contribution in [-0.4, -0.2) is 22.1 Å². The summed E-state index contributed by atoms with van der Waals surface area (Å²) in [5.41, 5.74) is -0.135. The molecule has 24 heavy (non-hydrogen) atoms. The zero-order valence-electron chi connectivity index (χ0n) is 11.9. The molecule has 1 aromatic heterocycles. The summed E-state index contributed by atoms with van der Waals surface area (Å²) in [7, 11) is 0. The van der Waals surface area contributed by atoms with Gasteiger partial charge >= 0.3 is 5.97 Å². The number of halogens is 2. The number of carbonyl (C=O) groups is 2. The molecular formula is C15H10Cl2N2O4S. The largest absolute Gasteiger partial charge is 0.478 e. The first-order chi connectivity index (χ1) is 11.4. The zero-order valence-corrected chi connectivity index (χ0v) is 14.2. The van der Waals surface area contributed by atoms with Crippen molar-refractivity contribution in [2.75, 3.05) is 5.32 Å². The van der Waals surface area contributed by atoms with Crippen LogP contribution in [-0.2, 0) is 4.79 Å². The van der Waals surface area contributed by atoms with Gasteiger partial charge in [0.2, 0.25) is 5.91 Å². The number of nitrogens with one attached hydrogen (secondary N) is 2. The van der Waals surface area contributed by atoms with E-state index in [4.69, 9.17) is 39.8 Å². The number of carboxylic acid groups (broad SMARTS) is 1. The molecule has 9 heteroatoms. The summed E-state index contributed by atoms with van der Waals surface area (Å²) >= 11 is 16.7. The van der Waals surface area contributed by atoms with Crippen LogP contribution >= 0.6 is 35.4 Å². The van der Waals surface area contributed by atoms with Crippen LogP contribution in [0.3, 0.4) is 0 Å². The normalized spacial score (nSPS) is 10.6. The Morgan fingerprint density at radius 2 is 2.04 bits per heavy atom. The SMILES string of the molecule is O=C(/C=C/c1ccco1)NC(=S)Nc1c(Cl)cc(Cl)cc1C(=O)O. The molecule has 0 bridgehead atoms. The second kappa shape index (κ2) is 7.96. The number of carboxylic acids is 1. The number of amides is 1. The van der Waals surface area contributed by atoms with Crippen molar-refractivity contribution in [3.05, 3.63) is 58.0 Å². The highest BCUT2D eigenvalue weighted by molar-refractivity contribution is 7.80. The summed E-state index contributed by atoms with van der Waals surface area (Å²) in [5.74, 6) is -1.27. The van der Waals surface area contributed by atoms with E-state index in [1.54, 1.807) is 12.1 Å². The van der Waals surface area contributed by atoms with Gasteiger partial charge in [-0.25, -0.2) is 4.79 Å². The number of rotatable bonds is 4. The van der Waals surface area contributed by atoms with E-state index in [1.807, 2.05) is 0 Å². The van der Waals surface area contributed by atoms with Crippen LogP contribution in [0.25, 0.3) is 6.08 Å². The van der Waals surface area contributed by atoms with Crippen molar-refractivity contribution >= 4 is 64.2 Å². The number of anilines is 1. The van der Waals surface area contributed by atoms with Gasteiger partial charge < -0.3 is 14.8 Å². The molecule has 2 rings (SSSR count). The third-order valence-electron chi connectivity index (χ3n) is 2.70. The first kappa shape index (κ1) is 18.0. The number of hydrogen-bond donors (Lipinski definition) is 3. The van der Waals surface area contributed by atoms with E-state index >= 15 is 0 Å². The number of thiocarbonyl (C=S) groups is 1. The molecule has 0 fully saturated rings. The topological polar surface area (TPSA) is 91.6 Å². The minimum atomic E-state index is -1.24. The van der Waals surface area contributed by atoms with Crippen molar-refractivity contribution in [2.45, 2.75) is 0 Å². The molecule has 0 atom stereocenters. The zero-order chi connectivity index (χ0) is 17.7. The Bertz CT molecular complexity index is 819. The van der Waals surface area contributed by atoms with Gasteiger partial charge in [-0.3, -0.25) is 10.1 Å². The van der Waals surface area contributed by atoms with Crippen LogP contribution in [0.4, 0.5) is 5.69 Å². The van der Waals surface area contributed by atoms with Crippen LogP contribution in [0.2, 0.25) is 10.0 Å². The van der Waals surface area contributed by atoms with E-state index in [9.17, 15) is 14.7 Å². The van der Waals surface area contributed by atoms with Crippen LogP contribution in [0.15, 0.2) is 41.0 Å². The minimum Gasteiger partial charge on any atom is -0.478 e. The molecule has 3 N–H and O–H groups in total. The molecule has 0 aliphatic rings. The fourth-order valence-electron chi connectivity index (χ4n) is 1.71. The van der Waals surface area contributed by atoms with Crippen molar-refractivity contribution in [3.63, 3.8) is 0 Å². The fraction of sp³-hybridized carbons (Fsp3) is 0. The molecular weight excluding hydrogens is 375 g/mol. The van der Waals surface area contributed by atoms with E-state index in [0.29, 0.717) is 5.76 Å². The third-order valence-corrected chi connectivity index (χ3v) is 3.42. The molecule has 0 saturated carbocycles.